The Bertz CT molecular complexity index is 1170. The molecule has 1 aliphatic heterocycles. The van der Waals surface area contributed by atoms with Crippen LogP contribution in [0.5, 0.6) is 5.75 Å². The van der Waals surface area contributed by atoms with Gasteiger partial charge in [-0.3, -0.25) is 9.36 Å². The van der Waals surface area contributed by atoms with Gasteiger partial charge >= 0.3 is 5.69 Å². The maximum absolute atomic E-state index is 15.5. The van der Waals surface area contributed by atoms with Crippen molar-refractivity contribution in [1.82, 2.24) is 19.9 Å². The largest absolute Gasteiger partial charge is 0.494 e. The molecule has 0 spiro atoms. The van der Waals surface area contributed by atoms with Crippen LogP contribution in [-0.2, 0) is 0 Å². The molecule has 9 nitrogen and oxygen atoms in total. The number of nitrogens with zero attached hydrogens (tertiary/aromatic N) is 3. The van der Waals surface area contributed by atoms with Crippen LogP contribution < -0.4 is 32.5 Å². The number of nitrogens with two attached hydrogens (primary N) is 1. The fourth-order valence-corrected chi connectivity index (χ4v) is 4.37. The Balaban J connectivity index is 2.00. The molecule has 1 saturated heterocycles. The van der Waals surface area contributed by atoms with Crippen LogP contribution in [-0.4, -0.2) is 42.2 Å². The lowest BCUT2D eigenvalue weighted by Gasteiger charge is -2.29. The van der Waals surface area contributed by atoms with E-state index in [1.807, 2.05) is 6.07 Å². The summed E-state index contributed by atoms with van der Waals surface area (Å²) in [5, 5.41) is 14.8. The van der Waals surface area contributed by atoms with Gasteiger partial charge in [0.2, 0.25) is 0 Å². The maximum Gasteiger partial charge on any atom is 0.350 e. The van der Waals surface area contributed by atoms with Crippen LogP contribution in [0, 0.1) is 23.1 Å². The Morgan fingerprint density at radius 3 is 2.74 bits per heavy atom. The molecule has 4 N–H and O–H groups in total. The molecule has 0 radical (unpaired) electrons. The summed E-state index contributed by atoms with van der Waals surface area (Å²) in [6.07, 6.45) is 0.329. The average molecular weight is 434 g/mol. The second-order valence-electron chi connectivity index (χ2n) is 7.94. The molecular formula is C20H24F2N6O3. The Hall–Kier alpha value is -2.97. The normalized spacial score (nSPS) is 21.9. The number of alkyl halides is 1. The number of nitriles is 1. The van der Waals surface area contributed by atoms with E-state index in [2.05, 4.69) is 10.6 Å². The molecule has 3 unspecified atom stereocenters. The van der Waals surface area contributed by atoms with E-state index in [0.717, 1.165) is 6.07 Å². The average Bonchev–Trinajstić information content (AvgIpc) is 3.50. The molecule has 166 valence electrons. The fraction of sp³-hybridized carbons (Fsp3) is 0.550. The van der Waals surface area contributed by atoms with Gasteiger partial charge in [0, 0.05) is 49.6 Å². The molecule has 2 aliphatic rings. The fourth-order valence-electron chi connectivity index (χ4n) is 4.37. The van der Waals surface area contributed by atoms with Gasteiger partial charge in [0.1, 0.15) is 17.5 Å². The number of ether oxygens (including phenoxy) is 1. The quantitative estimate of drug-likeness (QED) is 0.427. The maximum atomic E-state index is 15.5. The lowest BCUT2D eigenvalue weighted by Crippen LogP contribution is -2.44. The third-order valence-electron chi connectivity index (χ3n) is 5.99. The first-order valence-electron chi connectivity index (χ1n) is 10.2. The number of methoxy groups -OCH3 is 1. The van der Waals surface area contributed by atoms with E-state index in [-0.39, 0.29) is 47.8 Å². The highest BCUT2D eigenvalue weighted by atomic mass is 19.1. The molecule has 4 rings (SSSR count). The topological polar surface area (TPSA) is 127 Å². The summed E-state index contributed by atoms with van der Waals surface area (Å²) >= 11 is 0. The third kappa shape index (κ3) is 3.55. The number of halogens is 2. The van der Waals surface area contributed by atoms with Gasteiger partial charge in [-0.05, 0) is 18.9 Å². The van der Waals surface area contributed by atoms with Crippen molar-refractivity contribution in [2.45, 2.75) is 37.5 Å². The highest BCUT2D eigenvalue weighted by Crippen LogP contribution is 2.43. The lowest BCUT2D eigenvalue weighted by molar-refractivity contribution is 0.226. The molecule has 3 atom stereocenters. The monoisotopic (exact) mass is 434 g/mol. The standard InChI is InChI=1S/C20H24F2N6O3/c1-31-18-15(16(26-6-2-5-23)12-8-25-9-14(12)22)13(21)7-11-17(18)27(10-3-4-10)20(30)28(24)19(11)29/h7,10,12,14,16,25-26H,2-4,6,8-9,24H2,1H3. The van der Waals surface area contributed by atoms with Crippen LogP contribution in [0.1, 0.15) is 36.9 Å². The zero-order chi connectivity index (χ0) is 22.3. The van der Waals surface area contributed by atoms with Gasteiger partial charge in [0.25, 0.3) is 5.56 Å². The minimum Gasteiger partial charge on any atom is -0.494 e. The van der Waals surface area contributed by atoms with Crippen LogP contribution in [0.15, 0.2) is 15.7 Å². The van der Waals surface area contributed by atoms with Gasteiger partial charge in [0.15, 0.2) is 5.75 Å². The molecule has 2 heterocycles. The Kier molecular flexibility index (Phi) is 5.68. The first-order valence-corrected chi connectivity index (χ1v) is 10.2. The van der Waals surface area contributed by atoms with E-state index in [1.165, 1.54) is 11.7 Å². The van der Waals surface area contributed by atoms with Gasteiger partial charge in [-0.2, -0.15) is 9.94 Å². The zero-order valence-corrected chi connectivity index (χ0v) is 17.0. The van der Waals surface area contributed by atoms with E-state index < -0.39 is 35.2 Å². The van der Waals surface area contributed by atoms with Crippen LogP contribution >= 0.6 is 0 Å². The van der Waals surface area contributed by atoms with Crippen LogP contribution in [0.3, 0.4) is 0 Å². The molecule has 1 aromatic carbocycles. The Labute approximate surface area is 176 Å². The molecule has 11 heteroatoms. The number of benzene rings is 1. The molecule has 0 bridgehead atoms. The number of nitrogen functional groups attached to an aromatic ring is 1. The number of rotatable bonds is 7. The van der Waals surface area contributed by atoms with Crippen molar-refractivity contribution in [3.8, 4) is 11.8 Å². The molecule has 1 aromatic heterocycles. The van der Waals surface area contributed by atoms with Crippen LogP contribution in [0.2, 0.25) is 0 Å². The number of aromatic nitrogens is 2. The van der Waals surface area contributed by atoms with Gasteiger partial charge < -0.3 is 21.2 Å². The molecule has 31 heavy (non-hydrogen) atoms. The van der Waals surface area contributed by atoms with E-state index in [1.54, 1.807) is 0 Å². The first-order chi connectivity index (χ1) is 14.9. The lowest BCUT2D eigenvalue weighted by atomic mass is 9.89. The highest BCUT2D eigenvalue weighted by molar-refractivity contribution is 5.86. The SMILES string of the molecule is COc1c(C(NCCC#N)C2CNCC2F)c(F)cc2c(=O)n(N)c(=O)n(C3CC3)c12. The Morgan fingerprint density at radius 2 is 2.16 bits per heavy atom. The van der Waals surface area contributed by atoms with Crippen molar-refractivity contribution in [2.75, 3.05) is 32.6 Å². The number of fused-ring (bicyclic) bond motifs is 1. The molecular weight excluding hydrogens is 410 g/mol. The second-order valence-corrected chi connectivity index (χ2v) is 7.94. The molecule has 2 fully saturated rings. The smallest absolute Gasteiger partial charge is 0.350 e. The van der Waals surface area contributed by atoms with Crippen LogP contribution in [0.25, 0.3) is 10.9 Å². The first kappa shape index (κ1) is 21.3. The predicted molar refractivity (Wildman–Crippen MR) is 110 cm³/mol. The summed E-state index contributed by atoms with van der Waals surface area (Å²) in [6.45, 7) is 0.639. The molecule has 1 saturated carbocycles. The molecule has 0 amide bonds. The van der Waals surface area contributed by atoms with Gasteiger partial charge in [-0.1, -0.05) is 0 Å². The van der Waals surface area contributed by atoms with Gasteiger partial charge in [0.05, 0.1) is 18.6 Å². The Morgan fingerprint density at radius 1 is 1.42 bits per heavy atom. The van der Waals surface area contributed by atoms with Crippen molar-refractivity contribution >= 4 is 10.9 Å². The van der Waals surface area contributed by atoms with Gasteiger partial charge in [-0.15, -0.1) is 0 Å². The third-order valence-corrected chi connectivity index (χ3v) is 5.99. The van der Waals surface area contributed by atoms with Crippen molar-refractivity contribution in [1.29, 1.82) is 5.26 Å². The predicted octanol–water partition coefficient (Wildman–Crippen LogP) is 0.461. The summed E-state index contributed by atoms with van der Waals surface area (Å²) in [7, 11) is 1.32. The summed E-state index contributed by atoms with van der Waals surface area (Å²) in [4.78, 5) is 25.4. The summed E-state index contributed by atoms with van der Waals surface area (Å²) in [5.74, 6) is 4.27. The van der Waals surface area contributed by atoms with Crippen LogP contribution in [0.4, 0.5) is 8.78 Å². The summed E-state index contributed by atoms with van der Waals surface area (Å²) in [6, 6.07) is 2.03. The highest BCUT2D eigenvalue weighted by Gasteiger charge is 2.39. The number of hydrogen-bond donors (Lipinski definition) is 3. The summed E-state index contributed by atoms with van der Waals surface area (Å²) in [5.41, 5.74) is -1.35. The van der Waals surface area contributed by atoms with E-state index >= 15 is 4.39 Å². The van der Waals surface area contributed by atoms with Crippen molar-refractivity contribution in [3.05, 3.63) is 38.3 Å². The van der Waals surface area contributed by atoms with E-state index in [0.29, 0.717) is 24.1 Å². The van der Waals surface area contributed by atoms with E-state index in [9.17, 15) is 14.0 Å². The van der Waals surface area contributed by atoms with Crippen molar-refractivity contribution < 1.29 is 13.5 Å². The molecule has 1 aliphatic carbocycles. The van der Waals surface area contributed by atoms with E-state index in [4.69, 9.17) is 15.8 Å². The van der Waals surface area contributed by atoms with Crippen molar-refractivity contribution in [3.63, 3.8) is 0 Å². The minimum atomic E-state index is -1.25. The molecule has 2 aromatic rings. The second kappa shape index (κ2) is 8.28. The zero-order valence-electron chi connectivity index (χ0n) is 17.0. The number of nitrogens with one attached hydrogen (secondary N) is 2. The van der Waals surface area contributed by atoms with Crippen molar-refractivity contribution in [2.24, 2.45) is 5.92 Å². The minimum absolute atomic E-state index is 0.00487. The van der Waals surface area contributed by atoms with Gasteiger partial charge in [-0.25, -0.2) is 13.6 Å². The number of hydrogen-bond acceptors (Lipinski definition) is 7. The summed E-state index contributed by atoms with van der Waals surface area (Å²) < 4.78 is 37.5.